The average Bonchev–Trinajstić information content (AvgIpc) is 2.75. The van der Waals surface area contributed by atoms with E-state index in [0.717, 1.165) is 16.8 Å². The Kier molecular flexibility index (Phi) is 8.44. The fraction of sp³-hybridized carbons (Fsp3) is 0.381. The number of aliphatic carboxylic acids is 1. The number of aromatic nitrogens is 2. The summed E-state index contributed by atoms with van der Waals surface area (Å²) in [7, 11) is 0. The van der Waals surface area contributed by atoms with Crippen LogP contribution in [0.25, 0.3) is 0 Å². The number of nitrogens with zero attached hydrogens (tertiary/aromatic N) is 2. The van der Waals surface area contributed by atoms with Gasteiger partial charge < -0.3 is 10.4 Å². The van der Waals surface area contributed by atoms with Crippen LogP contribution in [0.2, 0.25) is 0 Å². The lowest BCUT2D eigenvalue weighted by Crippen LogP contribution is -2.45. The van der Waals surface area contributed by atoms with E-state index in [4.69, 9.17) is 5.11 Å². The second-order valence-corrected chi connectivity index (χ2v) is 7.17. The minimum atomic E-state index is -4.56. The summed E-state index contributed by atoms with van der Waals surface area (Å²) in [6.45, 7) is -0.213. The van der Waals surface area contributed by atoms with Gasteiger partial charge in [-0.25, -0.2) is 9.07 Å². The summed E-state index contributed by atoms with van der Waals surface area (Å²) in [5.41, 5.74) is -1.54. The fourth-order valence-corrected chi connectivity index (χ4v) is 3.20. The molecule has 0 aliphatic rings. The number of hydrogen-bond donors (Lipinski definition) is 2. The summed E-state index contributed by atoms with van der Waals surface area (Å²) in [6, 6.07) is 3.99. The number of ketones is 1. The van der Waals surface area contributed by atoms with Crippen LogP contribution in [0, 0.1) is 0 Å². The molecule has 2 aromatic rings. The number of carboxylic acid groups (broad SMARTS) is 1. The maximum atomic E-state index is 12.9. The van der Waals surface area contributed by atoms with E-state index in [1.54, 1.807) is 6.92 Å². The molecule has 33 heavy (non-hydrogen) atoms. The van der Waals surface area contributed by atoms with Crippen LogP contribution in [0.5, 0.6) is 0 Å². The van der Waals surface area contributed by atoms with Crippen molar-refractivity contribution in [1.82, 2.24) is 15.1 Å². The van der Waals surface area contributed by atoms with Gasteiger partial charge in [-0.2, -0.15) is 18.3 Å². The molecule has 0 bridgehead atoms. The zero-order valence-corrected chi connectivity index (χ0v) is 17.4. The fourth-order valence-electron chi connectivity index (χ4n) is 3.20. The van der Waals surface area contributed by atoms with Gasteiger partial charge in [0, 0.05) is 11.8 Å². The van der Waals surface area contributed by atoms with Crippen molar-refractivity contribution < 1.29 is 37.1 Å². The third-order valence-corrected chi connectivity index (χ3v) is 4.84. The van der Waals surface area contributed by atoms with Crippen LogP contribution in [0.15, 0.2) is 41.3 Å². The zero-order valence-electron chi connectivity index (χ0n) is 17.4. The molecule has 0 saturated heterocycles. The van der Waals surface area contributed by atoms with Crippen molar-refractivity contribution in [1.29, 1.82) is 0 Å². The molecule has 2 atom stereocenters. The Hall–Kier alpha value is -3.57. The monoisotopic (exact) mass is 471 g/mol. The highest BCUT2D eigenvalue weighted by molar-refractivity contribution is 5.94. The smallest absolute Gasteiger partial charge is 0.416 e. The second-order valence-electron chi connectivity index (χ2n) is 7.17. The van der Waals surface area contributed by atoms with Gasteiger partial charge in [-0.1, -0.05) is 19.1 Å². The molecular formula is C21H21F4N3O5. The van der Waals surface area contributed by atoms with E-state index in [-0.39, 0.29) is 24.1 Å². The van der Waals surface area contributed by atoms with Crippen LogP contribution in [0.1, 0.15) is 42.4 Å². The average molecular weight is 471 g/mol. The van der Waals surface area contributed by atoms with Gasteiger partial charge in [-0.3, -0.25) is 19.2 Å². The number of amides is 1. The summed E-state index contributed by atoms with van der Waals surface area (Å²) in [6.07, 6.45) is -4.13. The Balaban J connectivity index is 2.32. The van der Waals surface area contributed by atoms with Crippen LogP contribution in [-0.4, -0.2) is 45.3 Å². The van der Waals surface area contributed by atoms with Gasteiger partial charge in [0.2, 0.25) is 5.91 Å². The van der Waals surface area contributed by atoms with Gasteiger partial charge in [0.15, 0.2) is 5.78 Å². The molecule has 1 aromatic carbocycles. The van der Waals surface area contributed by atoms with Gasteiger partial charge in [-0.05, 0) is 30.2 Å². The minimum absolute atomic E-state index is 0.0567. The standard InChI is InChI=1S/C21H21F4N3O5/c1-2-14(19(32)27-16(9-18(30)31)17(29)10-22)15-6-7-26-28(20(15)33)11-12-4-3-5-13(8-12)21(23,24)25/h3-8,14,16H,2,9-11H2,1H3,(H,27,32)(H,30,31). The zero-order chi connectivity index (χ0) is 24.8. The van der Waals surface area contributed by atoms with Crippen molar-refractivity contribution in [3.05, 3.63) is 63.6 Å². The maximum absolute atomic E-state index is 12.9. The summed E-state index contributed by atoms with van der Waals surface area (Å²) < 4.78 is 52.5. The summed E-state index contributed by atoms with van der Waals surface area (Å²) >= 11 is 0. The molecule has 2 rings (SSSR count). The molecule has 0 radical (unpaired) electrons. The number of carbonyl (C=O) groups is 3. The lowest BCUT2D eigenvalue weighted by Gasteiger charge is -2.20. The third-order valence-electron chi connectivity index (χ3n) is 4.84. The summed E-state index contributed by atoms with van der Waals surface area (Å²) in [4.78, 5) is 48.1. The molecule has 0 saturated carbocycles. The van der Waals surface area contributed by atoms with E-state index < -0.39 is 60.0 Å². The van der Waals surface area contributed by atoms with Gasteiger partial charge in [-0.15, -0.1) is 0 Å². The number of carbonyl (C=O) groups excluding carboxylic acids is 2. The number of hydrogen-bond acceptors (Lipinski definition) is 5. The number of benzene rings is 1. The Labute approximate surface area is 185 Å². The van der Waals surface area contributed by atoms with Crippen molar-refractivity contribution in [2.45, 2.75) is 44.4 Å². The van der Waals surface area contributed by atoms with E-state index in [1.165, 1.54) is 24.4 Å². The van der Waals surface area contributed by atoms with E-state index in [1.807, 2.05) is 0 Å². The SMILES string of the molecule is CCC(C(=O)NC(CC(=O)O)C(=O)CF)c1ccnn(Cc2cccc(C(F)(F)F)c2)c1=O. The number of nitrogens with one attached hydrogen (secondary N) is 1. The van der Waals surface area contributed by atoms with Crippen molar-refractivity contribution in [2.75, 3.05) is 6.67 Å². The first-order valence-corrected chi connectivity index (χ1v) is 9.80. The van der Waals surface area contributed by atoms with Crippen molar-refractivity contribution >= 4 is 17.7 Å². The normalized spacial score (nSPS) is 13.2. The quantitative estimate of drug-likeness (QED) is 0.514. The largest absolute Gasteiger partial charge is 0.481 e. The molecule has 0 aliphatic carbocycles. The Bertz CT molecular complexity index is 1080. The summed E-state index contributed by atoms with van der Waals surface area (Å²) in [5.74, 6) is -4.55. The van der Waals surface area contributed by atoms with E-state index in [2.05, 4.69) is 10.4 Å². The van der Waals surface area contributed by atoms with Crippen molar-refractivity contribution in [3.63, 3.8) is 0 Å². The second kappa shape index (κ2) is 10.8. The molecule has 1 aromatic heterocycles. The van der Waals surface area contributed by atoms with E-state index in [9.17, 15) is 36.7 Å². The van der Waals surface area contributed by atoms with Crippen LogP contribution in [0.4, 0.5) is 17.6 Å². The highest BCUT2D eigenvalue weighted by Crippen LogP contribution is 2.29. The predicted octanol–water partition coefficient (Wildman–Crippen LogP) is 2.30. The highest BCUT2D eigenvalue weighted by Gasteiger charge is 2.31. The Morgan fingerprint density at radius 2 is 1.91 bits per heavy atom. The Morgan fingerprint density at radius 1 is 1.21 bits per heavy atom. The molecule has 0 spiro atoms. The number of carboxylic acids is 1. The molecule has 0 aliphatic heterocycles. The van der Waals surface area contributed by atoms with Crippen LogP contribution >= 0.6 is 0 Å². The predicted molar refractivity (Wildman–Crippen MR) is 107 cm³/mol. The molecule has 8 nitrogen and oxygen atoms in total. The third kappa shape index (κ3) is 6.70. The topological polar surface area (TPSA) is 118 Å². The molecule has 1 heterocycles. The van der Waals surface area contributed by atoms with E-state index >= 15 is 0 Å². The van der Waals surface area contributed by atoms with Crippen LogP contribution in [-0.2, 0) is 27.1 Å². The molecule has 12 heteroatoms. The van der Waals surface area contributed by atoms with Gasteiger partial charge in [0.25, 0.3) is 5.56 Å². The van der Waals surface area contributed by atoms with Crippen LogP contribution < -0.4 is 10.9 Å². The van der Waals surface area contributed by atoms with Crippen molar-refractivity contribution in [3.8, 4) is 0 Å². The molecule has 1 amide bonds. The molecular weight excluding hydrogens is 450 g/mol. The Morgan fingerprint density at radius 3 is 2.48 bits per heavy atom. The maximum Gasteiger partial charge on any atom is 0.416 e. The number of rotatable bonds is 10. The molecule has 178 valence electrons. The first kappa shape index (κ1) is 25.7. The van der Waals surface area contributed by atoms with Crippen LogP contribution in [0.3, 0.4) is 0 Å². The highest BCUT2D eigenvalue weighted by atomic mass is 19.4. The molecule has 2 N–H and O–H groups in total. The van der Waals surface area contributed by atoms with Crippen molar-refractivity contribution in [2.24, 2.45) is 0 Å². The van der Waals surface area contributed by atoms with Gasteiger partial charge in [0.1, 0.15) is 12.7 Å². The number of Topliss-reactive ketones (excluding diaryl/α,β-unsaturated/α-hetero) is 1. The first-order chi connectivity index (χ1) is 15.5. The lowest BCUT2D eigenvalue weighted by molar-refractivity contribution is -0.140. The first-order valence-electron chi connectivity index (χ1n) is 9.80. The molecule has 0 fully saturated rings. The van der Waals surface area contributed by atoms with E-state index in [0.29, 0.717) is 0 Å². The van der Waals surface area contributed by atoms with Gasteiger partial charge >= 0.3 is 12.1 Å². The lowest BCUT2D eigenvalue weighted by atomic mass is 9.96. The summed E-state index contributed by atoms with van der Waals surface area (Å²) in [5, 5.41) is 14.9. The minimum Gasteiger partial charge on any atom is -0.481 e. The number of alkyl halides is 4. The van der Waals surface area contributed by atoms with Gasteiger partial charge in [0.05, 0.1) is 24.4 Å². The number of halogens is 4. The molecule has 2 unspecified atom stereocenters.